The SMILES string of the molecule is Cc1ccc(NC(N)=NCCCCn2ccnc2C)cc1C. The van der Waals surface area contributed by atoms with E-state index in [-0.39, 0.29) is 0 Å². The van der Waals surface area contributed by atoms with Crippen molar-refractivity contribution in [3.05, 3.63) is 47.5 Å². The molecular weight excluding hydrogens is 274 g/mol. The number of nitrogens with zero attached hydrogens (tertiary/aromatic N) is 3. The zero-order chi connectivity index (χ0) is 15.9. The van der Waals surface area contributed by atoms with Gasteiger partial charge in [-0.15, -0.1) is 0 Å². The fraction of sp³-hybridized carbons (Fsp3) is 0.412. The molecule has 5 heteroatoms. The lowest BCUT2D eigenvalue weighted by Crippen LogP contribution is -2.23. The van der Waals surface area contributed by atoms with Crippen molar-refractivity contribution in [2.24, 2.45) is 10.7 Å². The maximum absolute atomic E-state index is 5.92. The first-order valence-corrected chi connectivity index (χ1v) is 7.68. The van der Waals surface area contributed by atoms with Crippen LogP contribution < -0.4 is 11.1 Å². The van der Waals surface area contributed by atoms with Gasteiger partial charge in [0.05, 0.1) is 0 Å². The summed E-state index contributed by atoms with van der Waals surface area (Å²) in [5.74, 6) is 1.53. The Hall–Kier alpha value is -2.30. The molecule has 0 radical (unpaired) electrons. The minimum absolute atomic E-state index is 0.474. The second kappa shape index (κ2) is 7.64. The molecular formula is C17H25N5. The number of hydrogen-bond donors (Lipinski definition) is 2. The van der Waals surface area contributed by atoms with Crippen molar-refractivity contribution in [3.63, 3.8) is 0 Å². The van der Waals surface area contributed by atoms with Crippen LogP contribution in [0.1, 0.15) is 29.8 Å². The van der Waals surface area contributed by atoms with Crippen LogP contribution in [0.15, 0.2) is 35.6 Å². The van der Waals surface area contributed by atoms with Gasteiger partial charge in [-0.25, -0.2) is 4.98 Å². The average molecular weight is 299 g/mol. The number of guanidine groups is 1. The molecule has 0 amide bonds. The zero-order valence-corrected chi connectivity index (χ0v) is 13.6. The van der Waals surface area contributed by atoms with Crippen LogP contribution in [-0.4, -0.2) is 22.1 Å². The summed E-state index contributed by atoms with van der Waals surface area (Å²) in [6, 6.07) is 6.18. The molecule has 2 rings (SSSR count). The first-order valence-electron chi connectivity index (χ1n) is 7.68. The van der Waals surface area contributed by atoms with Crippen molar-refractivity contribution in [1.82, 2.24) is 9.55 Å². The summed E-state index contributed by atoms with van der Waals surface area (Å²) in [5.41, 5.74) is 9.42. The Kier molecular flexibility index (Phi) is 5.58. The van der Waals surface area contributed by atoms with Crippen molar-refractivity contribution in [2.75, 3.05) is 11.9 Å². The molecule has 0 aliphatic carbocycles. The number of benzene rings is 1. The Morgan fingerprint density at radius 2 is 2.05 bits per heavy atom. The van der Waals surface area contributed by atoms with Crippen molar-refractivity contribution in [1.29, 1.82) is 0 Å². The molecule has 1 aromatic heterocycles. The normalized spacial score (nSPS) is 11.7. The molecule has 1 aromatic carbocycles. The molecule has 0 unspecified atom stereocenters. The Morgan fingerprint density at radius 1 is 1.23 bits per heavy atom. The van der Waals surface area contributed by atoms with Crippen LogP contribution in [-0.2, 0) is 6.54 Å². The van der Waals surface area contributed by atoms with E-state index in [2.05, 4.69) is 45.8 Å². The number of aryl methyl sites for hydroxylation is 4. The predicted molar refractivity (Wildman–Crippen MR) is 92.2 cm³/mol. The molecule has 1 heterocycles. The first-order chi connectivity index (χ1) is 10.6. The van der Waals surface area contributed by atoms with Crippen LogP contribution in [0, 0.1) is 20.8 Å². The van der Waals surface area contributed by atoms with Crippen molar-refractivity contribution in [2.45, 2.75) is 40.2 Å². The highest BCUT2D eigenvalue weighted by Crippen LogP contribution is 2.13. The smallest absolute Gasteiger partial charge is 0.193 e. The molecule has 0 saturated carbocycles. The number of nitrogens with two attached hydrogens (primary N) is 1. The number of rotatable bonds is 6. The molecule has 0 aliphatic heterocycles. The monoisotopic (exact) mass is 299 g/mol. The number of anilines is 1. The summed E-state index contributed by atoms with van der Waals surface area (Å²) in [5, 5.41) is 3.14. The molecule has 0 spiro atoms. The van der Waals surface area contributed by atoms with Gasteiger partial charge in [0.15, 0.2) is 5.96 Å². The molecule has 22 heavy (non-hydrogen) atoms. The predicted octanol–water partition coefficient (Wildman–Crippen LogP) is 3.02. The van der Waals surface area contributed by atoms with E-state index in [1.54, 1.807) is 0 Å². The number of nitrogens with one attached hydrogen (secondary N) is 1. The molecule has 3 N–H and O–H groups in total. The standard InChI is InChI=1S/C17H25N5/c1-13-6-7-16(12-14(13)2)21-17(18)20-8-4-5-10-22-11-9-19-15(22)3/h6-7,9,11-12H,4-5,8,10H2,1-3H3,(H3,18,20,21). The zero-order valence-electron chi connectivity index (χ0n) is 13.6. The van der Waals surface area contributed by atoms with Crippen LogP contribution in [0.25, 0.3) is 0 Å². The summed E-state index contributed by atoms with van der Waals surface area (Å²) in [4.78, 5) is 8.58. The second-order valence-electron chi connectivity index (χ2n) is 5.57. The van der Waals surface area contributed by atoms with Gasteiger partial charge in [-0.2, -0.15) is 0 Å². The molecule has 0 atom stereocenters. The van der Waals surface area contributed by atoms with Crippen LogP contribution in [0.2, 0.25) is 0 Å². The number of unbranched alkanes of at least 4 members (excludes halogenated alkanes) is 1. The Morgan fingerprint density at radius 3 is 2.73 bits per heavy atom. The summed E-state index contributed by atoms with van der Waals surface area (Å²) < 4.78 is 2.15. The highest BCUT2D eigenvalue weighted by Gasteiger charge is 1.99. The van der Waals surface area contributed by atoms with Crippen LogP contribution >= 0.6 is 0 Å². The van der Waals surface area contributed by atoms with E-state index < -0.39 is 0 Å². The van der Waals surface area contributed by atoms with Crippen LogP contribution in [0.3, 0.4) is 0 Å². The van der Waals surface area contributed by atoms with Gasteiger partial charge in [0, 0.05) is 31.2 Å². The summed E-state index contributed by atoms with van der Waals surface area (Å²) >= 11 is 0. The molecule has 118 valence electrons. The molecule has 5 nitrogen and oxygen atoms in total. The number of aliphatic imine (C=N–C) groups is 1. The van der Waals surface area contributed by atoms with E-state index in [9.17, 15) is 0 Å². The lowest BCUT2D eigenvalue weighted by atomic mass is 10.1. The van der Waals surface area contributed by atoms with Crippen molar-refractivity contribution >= 4 is 11.6 Å². The second-order valence-corrected chi connectivity index (χ2v) is 5.57. The Balaban J connectivity index is 1.73. The Bertz CT molecular complexity index is 642. The van der Waals surface area contributed by atoms with E-state index >= 15 is 0 Å². The molecule has 0 bridgehead atoms. The third-order valence-corrected chi connectivity index (χ3v) is 3.79. The van der Waals surface area contributed by atoms with Gasteiger partial charge in [-0.3, -0.25) is 4.99 Å². The minimum Gasteiger partial charge on any atom is -0.370 e. The maximum atomic E-state index is 5.92. The first kappa shape index (κ1) is 16.1. The fourth-order valence-electron chi connectivity index (χ4n) is 2.24. The average Bonchev–Trinajstić information content (AvgIpc) is 2.88. The number of hydrogen-bond acceptors (Lipinski definition) is 2. The van der Waals surface area contributed by atoms with E-state index in [0.717, 1.165) is 37.4 Å². The van der Waals surface area contributed by atoms with E-state index in [1.165, 1.54) is 11.1 Å². The lowest BCUT2D eigenvalue weighted by Gasteiger charge is -2.08. The number of imidazole rings is 1. The number of aromatic nitrogens is 2. The quantitative estimate of drug-likeness (QED) is 0.489. The minimum atomic E-state index is 0.474. The third-order valence-electron chi connectivity index (χ3n) is 3.79. The summed E-state index contributed by atoms with van der Waals surface area (Å²) in [7, 11) is 0. The van der Waals surface area contributed by atoms with Gasteiger partial charge in [0.25, 0.3) is 0 Å². The van der Waals surface area contributed by atoms with Gasteiger partial charge in [0.2, 0.25) is 0 Å². The molecule has 0 aliphatic rings. The van der Waals surface area contributed by atoms with E-state index in [4.69, 9.17) is 5.73 Å². The van der Waals surface area contributed by atoms with Gasteiger partial charge in [0.1, 0.15) is 5.82 Å². The van der Waals surface area contributed by atoms with E-state index in [1.807, 2.05) is 25.4 Å². The topological polar surface area (TPSA) is 68.2 Å². The van der Waals surface area contributed by atoms with Gasteiger partial charge >= 0.3 is 0 Å². The largest absolute Gasteiger partial charge is 0.370 e. The van der Waals surface area contributed by atoms with Gasteiger partial charge < -0.3 is 15.6 Å². The highest BCUT2D eigenvalue weighted by molar-refractivity contribution is 5.92. The fourth-order valence-corrected chi connectivity index (χ4v) is 2.24. The molecule has 0 saturated heterocycles. The van der Waals surface area contributed by atoms with Crippen molar-refractivity contribution in [3.8, 4) is 0 Å². The van der Waals surface area contributed by atoms with Gasteiger partial charge in [-0.05, 0) is 56.9 Å². The van der Waals surface area contributed by atoms with Gasteiger partial charge in [-0.1, -0.05) is 6.07 Å². The maximum Gasteiger partial charge on any atom is 0.193 e. The lowest BCUT2D eigenvalue weighted by molar-refractivity contribution is 0.602. The van der Waals surface area contributed by atoms with E-state index in [0.29, 0.717) is 5.96 Å². The summed E-state index contributed by atoms with van der Waals surface area (Å²) in [6.45, 7) is 7.91. The highest BCUT2D eigenvalue weighted by atomic mass is 15.1. The third kappa shape index (κ3) is 4.62. The van der Waals surface area contributed by atoms with Crippen LogP contribution in [0.5, 0.6) is 0 Å². The summed E-state index contributed by atoms with van der Waals surface area (Å²) in [6.07, 6.45) is 5.91. The molecule has 2 aromatic rings. The molecule has 0 fully saturated rings. The Labute approximate surface area is 132 Å². The van der Waals surface area contributed by atoms with Crippen molar-refractivity contribution < 1.29 is 0 Å². The van der Waals surface area contributed by atoms with Crippen LogP contribution in [0.4, 0.5) is 5.69 Å².